The molecule has 1 aliphatic rings. The predicted molar refractivity (Wildman–Crippen MR) is 94.6 cm³/mol. The monoisotopic (exact) mass is 324 g/mol. The van der Waals surface area contributed by atoms with Crippen molar-refractivity contribution in [3.8, 4) is 0 Å². The van der Waals surface area contributed by atoms with Gasteiger partial charge in [-0.1, -0.05) is 29.8 Å². The smallest absolute Gasteiger partial charge is 0.222 e. The summed E-state index contributed by atoms with van der Waals surface area (Å²) in [6, 6.07) is 9.40. The van der Waals surface area contributed by atoms with Crippen LogP contribution in [-0.2, 0) is 11.2 Å². The van der Waals surface area contributed by atoms with E-state index >= 15 is 0 Å². The van der Waals surface area contributed by atoms with Gasteiger partial charge in [-0.3, -0.25) is 4.79 Å². The summed E-state index contributed by atoms with van der Waals surface area (Å²) in [6.45, 7) is 8.17. The highest BCUT2D eigenvalue weighted by atomic mass is 35.5. The van der Waals surface area contributed by atoms with Crippen LogP contribution in [0.25, 0.3) is 0 Å². The molecule has 3 nitrogen and oxygen atoms in total. The Morgan fingerprint density at radius 1 is 1.23 bits per heavy atom. The Kier molecular flexibility index (Phi) is 7.91. The number of unbranched alkanes of at least 4 members (excludes halogenated alkanes) is 1. The molecule has 1 aliphatic heterocycles. The molecule has 2 rings (SSSR count). The summed E-state index contributed by atoms with van der Waals surface area (Å²) in [5, 5.41) is 3.42. The average molecular weight is 325 g/mol. The van der Waals surface area contributed by atoms with Gasteiger partial charge < -0.3 is 10.2 Å². The fourth-order valence-corrected chi connectivity index (χ4v) is 2.91. The summed E-state index contributed by atoms with van der Waals surface area (Å²) in [7, 11) is 0. The minimum atomic E-state index is 0. The zero-order valence-electron chi connectivity index (χ0n) is 14.0. The maximum atomic E-state index is 12.3. The van der Waals surface area contributed by atoms with Gasteiger partial charge in [-0.15, -0.1) is 12.4 Å². The molecule has 0 saturated carbocycles. The Morgan fingerprint density at radius 3 is 2.59 bits per heavy atom. The number of hydrogen-bond acceptors (Lipinski definition) is 2. The first kappa shape index (κ1) is 19.0. The van der Waals surface area contributed by atoms with Gasteiger partial charge in [0.05, 0.1) is 0 Å². The number of carbonyl (C=O) groups excluding carboxylic acids is 1. The summed E-state index contributed by atoms with van der Waals surface area (Å²) in [6.07, 6.45) is 3.83. The lowest BCUT2D eigenvalue weighted by molar-refractivity contribution is -0.135. The molecule has 0 bridgehead atoms. The third-order valence-electron chi connectivity index (χ3n) is 4.58. The van der Waals surface area contributed by atoms with Crippen LogP contribution in [0.2, 0.25) is 0 Å². The number of piperazine rings is 1. The van der Waals surface area contributed by atoms with Crippen LogP contribution >= 0.6 is 12.4 Å². The van der Waals surface area contributed by atoms with E-state index in [1.54, 1.807) is 0 Å². The molecule has 2 unspecified atom stereocenters. The summed E-state index contributed by atoms with van der Waals surface area (Å²) in [4.78, 5) is 14.4. The number of carbonyl (C=O) groups is 1. The van der Waals surface area contributed by atoms with E-state index in [1.165, 1.54) is 11.1 Å². The van der Waals surface area contributed by atoms with Crippen molar-refractivity contribution >= 4 is 18.3 Å². The number of amides is 1. The van der Waals surface area contributed by atoms with Crippen molar-refractivity contribution in [2.45, 2.75) is 58.5 Å². The highest BCUT2D eigenvalue weighted by Crippen LogP contribution is 2.13. The lowest BCUT2D eigenvalue weighted by Crippen LogP contribution is -2.57. The largest absolute Gasteiger partial charge is 0.337 e. The van der Waals surface area contributed by atoms with Crippen molar-refractivity contribution in [3.63, 3.8) is 0 Å². The average Bonchev–Trinajstić information content (AvgIpc) is 2.48. The summed E-state index contributed by atoms with van der Waals surface area (Å²) >= 11 is 0. The second-order valence-electron chi connectivity index (χ2n) is 6.26. The number of aryl methyl sites for hydroxylation is 2. The molecule has 1 fully saturated rings. The van der Waals surface area contributed by atoms with Crippen LogP contribution in [0.3, 0.4) is 0 Å². The second-order valence-corrected chi connectivity index (χ2v) is 6.26. The molecule has 4 heteroatoms. The number of hydrogen-bond donors (Lipinski definition) is 1. The van der Waals surface area contributed by atoms with Crippen molar-refractivity contribution in [1.29, 1.82) is 0 Å². The molecular weight excluding hydrogens is 296 g/mol. The topological polar surface area (TPSA) is 32.3 Å². The summed E-state index contributed by atoms with van der Waals surface area (Å²) in [5.74, 6) is 0.319. The molecule has 0 radical (unpaired) electrons. The Balaban J connectivity index is 0.00000242. The van der Waals surface area contributed by atoms with E-state index in [0.29, 0.717) is 24.4 Å². The molecule has 1 aromatic rings. The van der Waals surface area contributed by atoms with Gasteiger partial charge in [0.15, 0.2) is 0 Å². The van der Waals surface area contributed by atoms with Gasteiger partial charge in [0.25, 0.3) is 0 Å². The number of rotatable bonds is 5. The summed E-state index contributed by atoms with van der Waals surface area (Å²) < 4.78 is 0. The summed E-state index contributed by atoms with van der Waals surface area (Å²) in [5.41, 5.74) is 2.67. The van der Waals surface area contributed by atoms with Gasteiger partial charge in [-0.05, 0) is 45.6 Å². The Hall–Kier alpha value is -1.06. The van der Waals surface area contributed by atoms with Crippen molar-refractivity contribution in [2.75, 3.05) is 13.1 Å². The molecule has 1 heterocycles. The minimum Gasteiger partial charge on any atom is -0.337 e. The van der Waals surface area contributed by atoms with Gasteiger partial charge in [0.1, 0.15) is 0 Å². The normalized spacial score (nSPS) is 21.3. The van der Waals surface area contributed by atoms with Gasteiger partial charge in [0, 0.05) is 31.6 Å². The SMILES string of the molecule is Cc1ccc(CCCCC(=O)N2CCNC(C)C2C)cc1.Cl. The van der Waals surface area contributed by atoms with Crippen molar-refractivity contribution in [3.05, 3.63) is 35.4 Å². The third-order valence-corrected chi connectivity index (χ3v) is 4.58. The van der Waals surface area contributed by atoms with Gasteiger partial charge >= 0.3 is 0 Å². The van der Waals surface area contributed by atoms with E-state index in [4.69, 9.17) is 0 Å². The molecule has 0 aliphatic carbocycles. The van der Waals surface area contributed by atoms with Crippen LogP contribution in [0.4, 0.5) is 0 Å². The first-order chi connectivity index (χ1) is 10.1. The quantitative estimate of drug-likeness (QED) is 0.842. The molecule has 124 valence electrons. The number of benzene rings is 1. The Labute approximate surface area is 140 Å². The van der Waals surface area contributed by atoms with Crippen molar-refractivity contribution < 1.29 is 4.79 Å². The molecule has 1 aromatic carbocycles. The highest BCUT2D eigenvalue weighted by molar-refractivity contribution is 5.85. The minimum absolute atomic E-state index is 0. The maximum Gasteiger partial charge on any atom is 0.222 e. The number of halogens is 1. The first-order valence-corrected chi connectivity index (χ1v) is 8.16. The zero-order chi connectivity index (χ0) is 15.2. The van der Waals surface area contributed by atoms with Gasteiger partial charge in [-0.2, -0.15) is 0 Å². The molecule has 1 N–H and O–H groups in total. The van der Waals surface area contributed by atoms with Crippen molar-refractivity contribution in [1.82, 2.24) is 10.2 Å². The number of nitrogens with zero attached hydrogens (tertiary/aromatic N) is 1. The predicted octanol–water partition coefficient (Wildman–Crippen LogP) is 3.34. The molecule has 0 aromatic heterocycles. The molecule has 1 saturated heterocycles. The van der Waals surface area contributed by atoms with Gasteiger partial charge in [-0.25, -0.2) is 0 Å². The fraction of sp³-hybridized carbons (Fsp3) is 0.611. The molecular formula is C18H29ClN2O. The lowest BCUT2D eigenvalue weighted by atomic mass is 10.0. The van der Waals surface area contributed by atoms with Crippen molar-refractivity contribution in [2.24, 2.45) is 0 Å². The maximum absolute atomic E-state index is 12.3. The third kappa shape index (κ3) is 5.29. The van der Waals surface area contributed by atoms with E-state index in [2.05, 4.69) is 50.4 Å². The van der Waals surface area contributed by atoms with Gasteiger partial charge in [0.2, 0.25) is 5.91 Å². The Bertz CT molecular complexity index is 461. The molecule has 0 spiro atoms. The molecule has 22 heavy (non-hydrogen) atoms. The standard InChI is InChI=1S/C18H28N2O.ClH/c1-14-8-10-17(11-9-14)6-4-5-7-18(21)20-13-12-19-15(2)16(20)3;/h8-11,15-16,19H,4-7,12-13H2,1-3H3;1H. The van der Waals surface area contributed by atoms with E-state index in [1.807, 2.05) is 4.90 Å². The number of nitrogens with one attached hydrogen (secondary N) is 1. The zero-order valence-corrected chi connectivity index (χ0v) is 14.8. The van der Waals surface area contributed by atoms with Crippen LogP contribution in [-0.4, -0.2) is 36.0 Å². The van der Waals surface area contributed by atoms with E-state index in [9.17, 15) is 4.79 Å². The second kappa shape index (κ2) is 9.16. The van der Waals surface area contributed by atoms with Crippen LogP contribution in [0.1, 0.15) is 44.2 Å². The van der Waals surface area contributed by atoms with Crippen LogP contribution in [0.15, 0.2) is 24.3 Å². The molecule has 2 atom stereocenters. The fourth-order valence-electron chi connectivity index (χ4n) is 2.91. The first-order valence-electron chi connectivity index (χ1n) is 8.16. The van der Waals surface area contributed by atoms with Crippen LogP contribution in [0, 0.1) is 6.92 Å². The van der Waals surface area contributed by atoms with Crippen LogP contribution in [0.5, 0.6) is 0 Å². The molecule has 1 amide bonds. The van der Waals surface area contributed by atoms with E-state index < -0.39 is 0 Å². The lowest BCUT2D eigenvalue weighted by Gasteiger charge is -2.38. The highest BCUT2D eigenvalue weighted by Gasteiger charge is 2.27. The van der Waals surface area contributed by atoms with E-state index in [0.717, 1.165) is 32.4 Å². The Morgan fingerprint density at radius 2 is 1.91 bits per heavy atom. The van der Waals surface area contributed by atoms with Crippen LogP contribution < -0.4 is 5.32 Å². The van der Waals surface area contributed by atoms with E-state index in [-0.39, 0.29) is 12.4 Å².